The lowest BCUT2D eigenvalue weighted by Crippen LogP contribution is -2.24. The highest BCUT2D eigenvalue weighted by Crippen LogP contribution is 2.18. The predicted molar refractivity (Wildman–Crippen MR) is 71.8 cm³/mol. The van der Waals surface area contributed by atoms with Crippen LogP contribution >= 0.6 is 11.6 Å². The number of methoxy groups -OCH3 is 1. The van der Waals surface area contributed by atoms with Crippen LogP contribution in [0.3, 0.4) is 0 Å². The largest absolute Gasteiger partial charge is 0.383 e. The molecule has 0 saturated heterocycles. The smallest absolute Gasteiger partial charge is 0.128 e. The molecule has 0 aliphatic carbocycles. The normalized spacial score (nSPS) is 10.6. The van der Waals surface area contributed by atoms with Gasteiger partial charge in [0.05, 0.1) is 17.3 Å². The summed E-state index contributed by atoms with van der Waals surface area (Å²) in [7, 11) is 3.69. The molecule has 4 nitrogen and oxygen atoms in total. The minimum Gasteiger partial charge on any atom is -0.383 e. The van der Waals surface area contributed by atoms with E-state index >= 15 is 0 Å². The molecule has 1 aromatic rings. The van der Waals surface area contributed by atoms with Gasteiger partial charge in [-0.2, -0.15) is 0 Å². The van der Waals surface area contributed by atoms with E-state index < -0.39 is 0 Å². The van der Waals surface area contributed by atoms with Gasteiger partial charge in [-0.05, 0) is 18.7 Å². The summed E-state index contributed by atoms with van der Waals surface area (Å²) in [6, 6.07) is 3.81. The van der Waals surface area contributed by atoms with Gasteiger partial charge in [0.1, 0.15) is 5.82 Å². The van der Waals surface area contributed by atoms with Crippen molar-refractivity contribution in [1.29, 1.82) is 0 Å². The Morgan fingerprint density at radius 2 is 2.24 bits per heavy atom. The molecule has 0 fully saturated rings. The highest BCUT2D eigenvalue weighted by Gasteiger charge is 2.06. The Morgan fingerprint density at radius 1 is 1.47 bits per heavy atom. The second-order valence-corrected chi connectivity index (χ2v) is 4.20. The third-order valence-electron chi connectivity index (χ3n) is 2.47. The van der Waals surface area contributed by atoms with E-state index in [1.807, 2.05) is 19.2 Å². The van der Waals surface area contributed by atoms with Crippen molar-refractivity contribution in [3.63, 3.8) is 0 Å². The van der Waals surface area contributed by atoms with Crippen LogP contribution in [0, 0.1) is 0 Å². The number of halogens is 1. The van der Waals surface area contributed by atoms with Gasteiger partial charge in [0.2, 0.25) is 0 Å². The Morgan fingerprint density at radius 3 is 2.88 bits per heavy atom. The molecule has 96 valence electrons. The summed E-state index contributed by atoms with van der Waals surface area (Å²) in [5.41, 5.74) is 0.885. The molecule has 0 aromatic carbocycles. The van der Waals surface area contributed by atoms with E-state index in [-0.39, 0.29) is 0 Å². The molecule has 5 heteroatoms. The van der Waals surface area contributed by atoms with Crippen molar-refractivity contribution in [1.82, 2.24) is 10.3 Å². The van der Waals surface area contributed by atoms with Crippen LogP contribution in [0.15, 0.2) is 12.1 Å². The minimum atomic E-state index is 0.684. The Bertz CT molecular complexity index is 347. The van der Waals surface area contributed by atoms with Crippen LogP contribution in [-0.4, -0.2) is 38.8 Å². The van der Waals surface area contributed by atoms with E-state index in [1.165, 1.54) is 0 Å². The Balaban J connectivity index is 2.72. The second kappa shape index (κ2) is 7.48. The van der Waals surface area contributed by atoms with Crippen molar-refractivity contribution in [3.8, 4) is 0 Å². The Hall–Kier alpha value is -0.840. The summed E-state index contributed by atoms with van der Waals surface area (Å²) in [6.45, 7) is 5.15. The molecule has 0 saturated carbocycles. The van der Waals surface area contributed by atoms with Crippen molar-refractivity contribution in [2.24, 2.45) is 0 Å². The van der Waals surface area contributed by atoms with Gasteiger partial charge in [-0.1, -0.05) is 18.5 Å². The molecule has 1 rings (SSSR count). The molecular weight excluding hydrogens is 238 g/mol. The van der Waals surface area contributed by atoms with E-state index in [2.05, 4.69) is 22.1 Å². The lowest BCUT2D eigenvalue weighted by molar-refractivity contribution is 0.206. The number of aromatic nitrogens is 1. The van der Waals surface area contributed by atoms with E-state index in [0.717, 1.165) is 24.6 Å². The number of anilines is 1. The molecule has 0 amide bonds. The van der Waals surface area contributed by atoms with Crippen molar-refractivity contribution >= 4 is 17.4 Å². The first kappa shape index (κ1) is 14.2. The van der Waals surface area contributed by atoms with Crippen LogP contribution in [0.1, 0.15) is 12.6 Å². The lowest BCUT2D eigenvalue weighted by atomic mass is 10.3. The zero-order chi connectivity index (χ0) is 12.7. The number of nitrogens with one attached hydrogen (secondary N) is 1. The fourth-order valence-electron chi connectivity index (χ4n) is 1.40. The Labute approximate surface area is 108 Å². The number of nitrogens with zero attached hydrogens (tertiary/aromatic N) is 2. The number of hydrogen-bond donors (Lipinski definition) is 1. The van der Waals surface area contributed by atoms with Crippen LogP contribution in [-0.2, 0) is 11.3 Å². The maximum atomic E-state index is 6.10. The summed E-state index contributed by atoms with van der Waals surface area (Å²) in [5, 5.41) is 3.93. The monoisotopic (exact) mass is 257 g/mol. The quantitative estimate of drug-likeness (QED) is 0.810. The number of likely N-dealkylation sites (N-methyl/N-ethyl adjacent to an activating group) is 1. The van der Waals surface area contributed by atoms with Crippen molar-refractivity contribution in [2.45, 2.75) is 13.5 Å². The average Bonchev–Trinajstić information content (AvgIpc) is 2.35. The molecule has 1 heterocycles. The third kappa shape index (κ3) is 4.50. The van der Waals surface area contributed by atoms with Gasteiger partial charge in [-0.3, -0.25) is 0 Å². The van der Waals surface area contributed by atoms with Crippen LogP contribution in [0.2, 0.25) is 5.02 Å². The van der Waals surface area contributed by atoms with Crippen LogP contribution in [0.25, 0.3) is 0 Å². The molecule has 0 atom stereocenters. The maximum absolute atomic E-state index is 6.10. The highest BCUT2D eigenvalue weighted by molar-refractivity contribution is 6.31. The van der Waals surface area contributed by atoms with Gasteiger partial charge in [0, 0.05) is 27.2 Å². The standard InChI is InChI=1S/C12H20ClN3O/c1-4-14-9-11-10(13)5-6-12(15-11)16(2)7-8-17-3/h5-6,14H,4,7-9H2,1-3H3. The molecule has 0 spiro atoms. The van der Waals surface area contributed by atoms with E-state index in [9.17, 15) is 0 Å². The molecule has 1 aromatic heterocycles. The summed E-state index contributed by atoms with van der Waals surface area (Å²) < 4.78 is 5.04. The van der Waals surface area contributed by atoms with Crippen molar-refractivity contribution in [2.75, 3.05) is 38.8 Å². The van der Waals surface area contributed by atoms with Crippen molar-refractivity contribution < 1.29 is 4.74 Å². The molecule has 0 bridgehead atoms. The maximum Gasteiger partial charge on any atom is 0.128 e. The fourth-order valence-corrected chi connectivity index (χ4v) is 1.57. The molecule has 1 N–H and O–H groups in total. The first-order valence-electron chi connectivity index (χ1n) is 5.75. The third-order valence-corrected chi connectivity index (χ3v) is 2.81. The van der Waals surface area contributed by atoms with E-state index in [1.54, 1.807) is 7.11 Å². The number of rotatable bonds is 7. The number of pyridine rings is 1. The van der Waals surface area contributed by atoms with Gasteiger partial charge >= 0.3 is 0 Å². The van der Waals surface area contributed by atoms with Gasteiger partial charge in [-0.15, -0.1) is 0 Å². The van der Waals surface area contributed by atoms with Crippen LogP contribution in [0.5, 0.6) is 0 Å². The topological polar surface area (TPSA) is 37.4 Å². The molecule has 0 radical (unpaired) electrons. The molecule has 0 aliphatic heterocycles. The highest BCUT2D eigenvalue weighted by atomic mass is 35.5. The van der Waals surface area contributed by atoms with Crippen molar-refractivity contribution in [3.05, 3.63) is 22.8 Å². The average molecular weight is 258 g/mol. The lowest BCUT2D eigenvalue weighted by Gasteiger charge is -2.18. The first-order valence-corrected chi connectivity index (χ1v) is 6.13. The molecule has 17 heavy (non-hydrogen) atoms. The first-order chi connectivity index (χ1) is 8.19. The van der Waals surface area contributed by atoms with Crippen LogP contribution in [0.4, 0.5) is 5.82 Å². The summed E-state index contributed by atoms with van der Waals surface area (Å²) in [5.74, 6) is 0.916. The second-order valence-electron chi connectivity index (χ2n) is 3.79. The minimum absolute atomic E-state index is 0.684. The molecule has 0 aliphatic rings. The van der Waals surface area contributed by atoms with Gasteiger partial charge < -0.3 is 15.0 Å². The predicted octanol–water partition coefficient (Wildman–Crippen LogP) is 1.93. The van der Waals surface area contributed by atoms with Gasteiger partial charge in [0.15, 0.2) is 0 Å². The zero-order valence-corrected chi connectivity index (χ0v) is 11.4. The summed E-state index contributed by atoms with van der Waals surface area (Å²) in [4.78, 5) is 6.59. The van der Waals surface area contributed by atoms with Gasteiger partial charge in [0.25, 0.3) is 0 Å². The van der Waals surface area contributed by atoms with Gasteiger partial charge in [-0.25, -0.2) is 4.98 Å². The van der Waals surface area contributed by atoms with E-state index in [4.69, 9.17) is 16.3 Å². The van der Waals surface area contributed by atoms with E-state index in [0.29, 0.717) is 18.2 Å². The summed E-state index contributed by atoms with van der Waals surface area (Å²) in [6.07, 6.45) is 0. The fraction of sp³-hybridized carbons (Fsp3) is 0.583. The summed E-state index contributed by atoms with van der Waals surface area (Å²) >= 11 is 6.10. The molecular formula is C12H20ClN3O. The Kier molecular flexibility index (Phi) is 6.26. The zero-order valence-electron chi connectivity index (χ0n) is 10.7. The number of ether oxygens (including phenoxy) is 1. The number of hydrogen-bond acceptors (Lipinski definition) is 4. The van der Waals surface area contributed by atoms with Crippen LogP contribution < -0.4 is 10.2 Å². The SMILES string of the molecule is CCNCc1nc(N(C)CCOC)ccc1Cl. The molecule has 0 unspecified atom stereocenters.